The van der Waals surface area contributed by atoms with E-state index >= 15 is 0 Å². The van der Waals surface area contributed by atoms with Crippen molar-refractivity contribution < 1.29 is 9.34 Å². The second kappa shape index (κ2) is 5.44. The van der Waals surface area contributed by atoms with Crippen molar-refractivity contribution in [2.24, 2.45) is 0 Å². The minimum atomic E-state index is -0.741. The lowest BCUT2D eigenvalue weighted by atomic mass is 9.91. The molecular weight excluding hydrogens is 300 g/mol. The van der Waals surface area contributed by atoms with Crippen molar-refractivity contribution in [1.29, 1.82) is 0 Å². The third-order valence-corrected chi connectivity index (χ3v) is 3.59. The molecule has 3 rings (SSSR count). The first-order valence-electron chi connectivity index (χ1n) is 6.73. The minimum Gasteiger partial charge on any atom is -0.464 e. The molecule has 2 heterocycles. The normalized spacial score (nSPS) is 12.3. The highest BCUT2D eigenvalue weighted by atomic mass is 16.6. The van der Waals surface area contributed by atoms with Crippen molar-refractivity contribution in [3.8, 4) is 0 Å². The van der Waals surface area contributed by atoms with Crippen LogP contribution in [0.15, 0.2) is 34.9 Å². The number of anilines is 3. The topological polar surface area (TPSA) is 160 Å². The summed E-state index contributed by atoms with van der Waals surface area (Å²) in [6, 6.07) is 7.21. The molecule has 0 saturated carbocycles. The van der Waals surface area contributed by atoms with Crippen LogP contribution in [-0.2, 0) is 0 Å². The maximum absolute atomic E-state index is 11.1. The maximum atomic E-state index is 11.1. The van der Waals surface area contributed by atoms with Gasteiger partial charge in [-0.1, -0.05) is 18.2 Å². The number of nitrogens with two attached hydrogens (primary N) is 3. The van der Waals surface area contributed by atoms with Crippen LogP contribution >= 0.6 is 0 Å². The largest absolute Gasteiger partial charge is 0.464 e. The van der Waals surface area contributed by atoms with E-state index in [1.165, 1.54) is 6.26 Å². The van der Waals surface area contributed by atoms with E-state index in [4.69, 9.17) is 21.6 Å². The Bertz CT molecular complexity index is 868. The summed E-state index contributed by atoms with van der Waals surface area (Å²) in [7, 11) is 0. The SMILES string of the molecule is Nc1nc(N)c(C(C[N+](=O)[O-])c2coc3ccccc23)c(N)n1. The lowest BCUT2D eigenvalue weighted by Crippen LogP contribution is -2.19. The molecule has 9 heteroatoms. The predicted octanol–water partition coefficient (Wildman–Crippen LogP) is 1.38. The van der Waals surface area contributed by atoms with Gasteiger partial charge in [-0.3, -0.25) is 10.1 Å². The van der Waals surface area contributed by atoms with Crippen molar-refractivity contribution in [2.75, 3.05) is 23.7 Å². The quantitative estimate of drug-likeness (QED) is 0.480. The van der Waals surface area contributed by atoms with Gasteiger partial charge in [0.15, 0.2) is 0 Å². The van der Waals surface area contributed by atoms with E-state index in [1.54, 1.807) is 6.07 Å². The zero-order valence-electron chi connectivity index (χ0n) is 12.0. The highest BCUT2D eigenvalue weighted by Gasteiger charge is 2.29. The second-order valence-corrected chi connectivity index (χ2v) is 5.02. The van der Waals surface area contributed by atoms with Gasteiger partial charge >= 0.3 is 0 Å². The number of furan rings is 1. The predicted molar refractivity (Wildman–Crippen MR) is 85.2 cm³/mol. The molecule has 1 atom stereocenters. The number of nitro groups is 1. The summed E-state index contributed by atoms with van der Waals surface area (Å²) in [5.74, 6) is -0.783. The number of hydrogen-bond acceptors (Lipinski definition) is 8. The number of aromatic nitrogens is 2. The fraction of sp³-hybridized carbons (Fsp3) is 0.143. The fourth-order valence-electron chi connectivity index (χ4n) is 2.64. The summed E-state index contributed by atoms with van der Waals surface area (Å²) < 4.78 is 5.47. The van der Waals surface area contributed by atoms with E-state index in [0.717, 1.165) is 5.39 Å². The third kappa shape index (κ3) is 2.59. The van der Waals surface area contributed by atoms with Crippen molar-refractivity contribution in [3.63, 3.8) is 0 Å². The molecule has 9 nitrogen and oxygen atoms in total. The first kappa shape index (κ1) is 14.6. The molecule has 2 aromatic heterocycles. The summed E-state index contributed by atoms with van der Waals surface area (Å²) in [6.45, 7) is -0.425. The Labute approximate surface area is 130 Å². The Kier molecular flexibility index (Phi) is 3.45. The van der Waals surface area contributed by atoms with Gasteiger partial charge in [-0.05, 0) is 6.07 Å². The monoisotopic (exact) mass is 314 g/mol. The van der Waals surface area contributed by atoms with Gasteiger partial charge in [-0.25, -0.2) is 0 Å². The van der Waals surface area contributed by atoms with Gasteiger partial charge in [-0.2, -0.15) is 9.97 Å². The van der Waals surface area contributed by atoms with E-state index in [2.05, 4.69) is 9.97 Å². The van der Waals surface area contributed by atoms with E-state index in [-0.39, 0.29) is 23.1 Å². The van der Waals surface area contributed by atoms with Gasteiger partial charge < -0.3 is 21.6 Å². The van der Waals surface area contributed by atoms with Crippen molar-refractivity contribution >= 4 is 28.6 Å². The lowest BCUT2D eigenvalue weighted by Gasteiger charge is -2.16. The number of para-hydroxylation sites is 1. The summed E-state index contributed by atoms with van der Waals surface area (Å²) in [6.07, 6.45) is 1.47. The Balaban J connectivity index is 2.22. The summed E-state index contributed by atoms with van der Waals surface area (Å²) >= 11 is 0. The van der Waals surface area contributed by atoms with E-state index < -0.39 is 17.4 Å². The van der Waals surface area contributed by atoms with Gasteiger partial charge in [0.05, 0.1) is 17.7 Å². The molecular formula is C14H14N6O3. The molecule has 0 aliphatic carbocycles. The average molecular weight is 314 g/mol. The Hall–Kier alpha value is -3.36. The van der Waals surface area contributed by atoms with Crippen LogP contribution in [0.25, 0.3) is 11.0 Å². The molecule has 1 aromatic carbocycles. The van der Waals surface area contributed by atoms with Crippen LogP contribution in [0.1, 0.15) is 17.0 Å². The fourth-order valence-corrected chi connectivity index (χ4v) is 2.64. The van der Waals surface area contributed by atoms with Gasteiger partial charge in [0.1, 0.15) is 17.2 Å². The Morgan fingerprint density at radius 1 is 1.17 bits per heavy atom. The van der Waals surface area contributed by atoms with Crippen molar-refractivity contribution in [1.82, 2.24) is 9.97 Å². The van der Waals surface area contributed by atoms with Crippen molar-refractivity contribution in [2.45, 2.75) is 5.92 Å². The number of benzene rings is 1. The Morgan fingerprint density at radius 2 is 1.83 bits per heavy atom. The summed E-state index contributed by atoms with van der Waals surface area (Å²) in [5.41, 5.74) is 18.8. The molecule has 6 N–H and O–H groups in total. The molecule has 0 spiro atoms. The minimum absolute atomic E-state index is 0.0205. The average Bonchev–Trinajstić information content (AvgIpc) is 2.88. The number of fused-ring (bicyclic) bond motifs is 1. The number of rotatable bonds is 4. The summed E-state index contributed by atoms with van der Waals surface area (Å²) in [5, 5.41) is 11.9. The lowest BCUT2D eigenvalue weighted by molar-refractivity contribution is -0.481. The van der Waals surface area contributed by atoms with Gasteiger partial charge in [0.25, 0.3) is 0 Å². The first-order valence-corrected chi connectivity index (χ1v) is 6.73. The molecule has 0 aliphatic heterocycles. The van der Waals surface area contributed by atoms with Crippen LogP contribution in [0.3, 0.4) is 0 Å². The maximum Gasteiger partial charge on any atom is 0.223 e. The van der Waals surface area contributed by atoms with Crippen molar-refractivity contribution in [3.05, 3.63) is 51.8 Å². The van der Waals surface area contributed by atoms with Crippen LogP contribution in [0.2, 0.25) is 0 Å². The highest BCUT2D eigenvalue weighted by molar-refractivity contribution is 5.82. The van der Waals surface area contributed by atoms with Crippen LogP contribution < -0.4 is 17.2 Å². The van der Waals surface area contributed by atoms with Gasteiger partial charge in [0, 0.05) is 15.9 Å². The summed E-state index contributed by atoms with van der Waals surface area (Å²) in [4.78, 5) is 18.4. The molecule has 0 fully saturated rings. The third-order valence-electron chi connectivity index (χ3n) is 3.59. The van der Waals surface area contributed by atoms with Gasteiger partial charge in [0.2, 0.25) is 12.5 Å². The van der Waals surface area contributed by atoms with E-state index in [1.807, 2.05) is 18.2 Å². The molecule has 1 unspecified atom stereocenters. The zero-order chi connectivity index (χ0) is 16.6. The molecule has 23 heavy (non-hydrogen) atoms. The number of nitrogens with zero attached hydrogens (tertiary/aromatic N) is 3. The highest BCUT2D eigenvalue weighted by Crippen LogP contribution is 2.36. The number of hydrogen-bond donors (Lipinski definition) is 3. The standard InChI is InChI=1S/C14H14N6O3/c15-12-11(13(16)19-14(17)18-12)8(5-20(21)22)9-6-23-10-4-2-1-3-7(9)10/h1-4,6,8H,5H2,(H6,15,16,17,18,19). The molecule has 0 bridgehead atoms. The second-order valence-electron chi connectivity index (χ2n) is 5.02. The molecule has 0 saturated heterocycles. The molecule has 3 aromatic rings. The zero-order valence-corrected chi connectivity index (χ0v) is 12.0. The smallest absolute Gasteiger partial charge is 0.223 e. The van der Waals surface area contributed by atoms with E-state index in [9.17, 15) is 10.1 Å². The van der Waals surface area contributed by atoms with Crippen LogP contribution in [0.5, 0.6) is 0 Å². The number of nitrogen functional groups attached to an aromatic ring is 3. The Morgan fingerprint density at radius 3 is 2.48 bits per heavy atom. The van der Waals surface area contributed by atoms with Crippen LogP contribution in [0.4, 0.5) is 17.6 Å². The van der Waals surface area contributed by atoms with Crippen LogP contribution in [0, 0.1) is 10.1 Å². The first-order chi connectivity index (χ1) is 11.0. The molecule has 0 aliphatic rings. The van der Waals surface area contributed by atoms with E-state index in [0.29, 0.717) is 11.1 Å². The van der Waals surface area contributed by atoms with Gasteiger partial charge in [-0.15, -0.1) is 0 Å². The molecule has 0 radical (unpaired) electrons. The molecule has 118 valence electrons. The van der Waals surface area contributed by atoms with Crippen LogP contribution in [-0.4, -0.2) is 21.4 Å². The molecule has 0 amide bonds.